The Bertz CT molecular complexity index is 497. The van der Waals surface area contributed by atoms with Crippen LogP contribution in [-0.4, -0.2) is 42.8 Å². The van der Waals surface area contributed by atoms with Crippen LogP contribution in [0.1, 0.15) is 20.7 Å². The zero-order chi connectivity index (χ0) is 12.6. The van der Waals surface area contributed by atoms with Gasteiger partial charge in [-0.05, 0) is 6.07 Å². The molecular formula is C11H11NO5. The van der Waals surface area contributed by atoms with Crippen LogP contribution in [-0.2, 0) is 0 Å². The maximum atomic E-state index is 11.8. The molecule has 0 atom stereocenters. The number of imide groups is 1. The quantitative estimate of drug-likeness (QED) is 0.762. The number of carbonyl (C=O) groups is 2. The number of nitrogens with zero attached hydrogens (tertiary/aromatic N) is 1. The lowest BCUT2D eigenvalue weighted by atomic mass is 10.1. The zero-order valence-corrected chi connectivity index (χ0v) is 9.39. The Labute approximate surface area is 97.4 Å². The van der Waals surface area contributed by atoms with Crippen LogP contribution in [0.3, 0.4) is 0 Å². The highest BCUT2D eigenvalue weighted by Gasteiger charge is 2.38. The molecule has 6 heteroatoms. The van der Waals surface area contributed by atoms with Gasteiger partial charge in [0.1, 0.15) is 18.2 Å². The summed E-state index contributed by atoms with van der Waals surface area (Å²) in [6.45, 7) is -0.655. The van der Waals surface area contributed by atoms with E-state index >= 15 is 0 Å². The third-order valence-electron chi connectivity index (χ3n) is 2.61. The second-order valence-corrected chi connectivity index (χ2v) is 3.43. The number of amides is 2. The van der Waals surface area contributed by atoms with Crippen LogP contribution >= 0.6 is 0 Å². The highest BCUT2D eigenvalue weighted by atomic mass is 16.5. The molecule has 1 aliphatic rings. The molecule has 0 saturated heterocycles. The topological polar surface area (TPSA) is 76.1 Å². The maximum absolute atomic E-state index is 11.8. The van der Waals surface area contributed by atoms with Crippen molar-refractivity contribution in [2.45, 2.75) is 0 Å². The first kappa shape index (κ1) is 11.4. The van der Waals surface area contributed by atoms with Crippen molar-refractivity contribution in [3.8, 4) is 11.5 Å². The minimum absolute atomic E-state index is 0.160. The lowest BCUT2D eigenvalue weighted by Gasteiger charge is -2.08. The molecule has 2 rings (SSSR count). The van der Waals surface area contributed by atoms with Crippen molar-refractivity contribution in [2.75, 3.05) is 21.0 Å². The van der Waals surface area contributed by atoms with Gasteiger partial charge in [0.05, 0.1) is 25.3 Å². The van der Waals surface area contributed by atoms with E-state index in [9.17, 15) is 9.59 Å². The number of hydrogen-bond acceptors (Lipinski definition) is 5. The second kappa shape index (κ2) is 4.06. The first-order valence-electron chi connectivity index (χ1n) is 4.87. The number of carbonyl (C=O) groups excluding carboxylic acids is 2. The molecule has 1 aromatic rings. The third kappa shape index (κ3) is 1.53. The molecule has 6 nitrogen and oxygen atoms in total. The van der Waals surface area contributed by atoms with E-state index in [4.69, 9.17) is 14.6 Å². The molecular weight excluding hydrogens is 226 g/mol. The number of hydrogen-bond donors (Lipinski definition) is 1. The average molecular weight is 237 g/mol. The predicted molar refractivity (Wildman–Crippen MR) is 57.1 cm³/mol. The minimum Gasteiger partial charge on any atom is -0.497 e. The molecule has 0 radical (unpaired) electrons. The van der Waals surface area contributed by atoms with Crippen LogP contribution in [0.15, 0.2) is 12.1 Å². The summed E-state index contributed by atoms with van der Waals surface area (Å²) >= 11 is 0. The summed E-state index contributed by atoms with van der Waals surface area (Å²) in [6, 6.07) is 2.97. The molecule has 0 fully saturated rings. The number of benzene rings is 1. The van der Waals surface area contributed by atoms with Crippen LogP contribution in [0, 0.1) is 0 Å². The van der Waals surface area contributed by atoms with Crippen molar-refractivity contribution in [3.05, 3.63) is 23.3 Å². The summed E-state index contributed by atoms with van der Waals surface area (Å²) in [5.74, 6) is -0.438. The summed E-state index contributed by atoms with van der Waals surface area (Å²) < 4.78 is 10.1. The van der Waals surface area contributed by atoms with Crippen molar-refractivity contribution >= 4 is 11.8 Å². The van der Waals surface area contributed by atoms with Crippen molar-refractivity contribution in [3.63, 3.8) is 0 Å². The molecule has 1 aromatic carbocycles. The van der Waals surface area contributed by atoms with Gasteiger partial charge in [0.2, 0.25) is 0 Å². The summed E-state index contributed by atoms with van der Waals surface area (Å²) in [5, 5.41) is 8.98. The van der Waals surface area contributed by atoms with Crippen LogP contribution in [0.4, 0.5) is 0 Å². The first-order chi connectivity index (χ1) is 8.13. The minimum atomic E-state index is -0.655. The van der Waals surface area contributed by atoms with Crippen molar-refractivity contribution in [1.82, 2.24) is 4.90 Å². The summed E-state index contributed by atoms with van der Waals surface area (Å²) in [4.78, 5) is 24.4. The highest BCUT2D eigenvalue weighted by Crippen LogP contribution is 2.34. The highest BCUT2D eigenvalue weighted by molar-refractivity contribution is 6.22. The zero-order valence-electron chi connectivity index (χ0n) is 9.39. The van der Waals surface area contributed by atoms with Gasteiger partial charge in [-0.25, -0.2) is 0 Å². The standard InChI is InChI=1S/C11H11NO5/c1-16-6-3-7-9(8(4-6)17-2)11(15)12(5-13)10(7)14/h3-4,13H,5H2,1-2H3. The van der Waals surface area contributed by atoms with Crippen molar-refractivity contribution < 1.29 is 24.2 Å². The van der Waals surface area contributed by atoms with Gasteiger partial charge in [-0.3, -0.25) is 14.5 Å². The molecule has 90 valence electrons. The van der Waals surface area contributed by atoms with Gasteiger partial charge in [0, 0.05) is 6.07 Å². The van der Waals surface area contributed by atoms with Gasteiger partial charge in [0.15, 0.2) is 0 Å². The van der Waals surface area contributed by atoms with Gasteiger partial charge in [-0.1, -0.05) is 0 Å². The fraction of sp³-hybridized carbons (Fsp3) is 0.273. The van der Waals surface area contributed by atoms with Crippen LogP contribution < -0.4 is 9.47 Å². The Morgan fingerprint density at radius 1 is 1.18 bits per heavy atom. The first-order valence-corrected chi connectivity index (χ1v) is 4.87. The number of aliphatic hydroxyl groups is 1. The van der Waals surface area contributed by atoms with E-state index in [1.165, 1.54) is 26.4 Å². The maximum Gasteiger partial charge on any atom is 0.267 e. The molecule has 0 spiro atoms. The fourth-order valence-corrected chi connectivity index (χ4v) is 1.76. The normalized spacial score (nSPS) is 13.9. The van der Waals surface area contributed by atoms with Crippen LogP contribution in [0.5, 0.6) is 11.5 Å². The lowest BCUT2D eigenvalue weighted by molar-refractivity contribution is 0.0489. The van der Waals surface area contributed by atoms with Gasteiger partial charge >= 0.3 is 0 Å². The number of methoxy groups -OCH3 is 2. The Balaban J connectivity index is 2.64. The number of fused-ring (bicyclic) bond motifs is 1. The fourth-order valence-electron chi connectivity index (χ4n) is 1.76. The van der Waals surface area contributed by atoms with E-state index in [0.717, 1.165) is 4.90 Å². The van der Waals surface area contributed by atoms with Gasteiger partial charge in [0.25, 0.3) is 11.8 Å². The molecule has 0 aliphatic carbocycles. The van der Waals surface area contributed by atoms with E-state index in [1.807, 2.05) is 0 Å². The Kier molecular flexibility index (Phi) is 2.72. The third-order valence-corrected chi connectivity index (χ3v) is 2.61. The predicted octanol–water partition coefficient (Wildman–Crippen LogP) is 0.250. The van der Waals surface area contributed by atoms with E-state index in [0.29, 0.717) is 5.75 Å². The summed E-state index contributed by atoms with van der Waals surface area (Å²) in [6.07, 6.45) is 0. The molecule has 1 aliphatic heterocycles. The Morgan fingerprint density at radius 2 is 1.88 bits per heavy atom. The number of rotatable bonds is 3. The van der Waals surface area contributed by atoms with Crippen molar-refractivity contribution in [2.24, 2.45) is 0 Å². The Morgan fingerprint density at radius 3 is 2.41 bits per heavy atom. The van der Waals surface area contributed by atoms with E-state index in [-0.39, 0.29) is 16.9 Å². The molecule has 2 amide bonds. The SMILES string of the molecule is COc1cc(OC)c2c(c1)C(=O)N(CO)C2=O. The van der Waals surface area contributed by atoms with Crippen molar-refractivity contribution in [1.29, 1.82) is 0 Å². The van der Waals surface area contributed by atoms with Crippen LogP contribution in [0.25, 0.3) is 0 Å². The van der Waals surface area contributed by atoms with Gasteiger partial charge in [-0.2, -0.15) is 0 Å². The molecule has 17 heavy (non-hydrogen) atoms. The Hall–Kier alpha value is -2.08. The molecule has 1 N–H and O–H groups in total. The molecule has 0 unspecified atom stereocenters. The lowest BCUT2D eigenvalue weighted by Crippen LogP contribution is -2.30. The van der Waals surface area contributed by atoms with Gasteiger partial charge in [-0.15, -0.1) is 0 Å². The van der Waals surface area contributed by atoms with E-state index < -0.39 is 18.5 Å². The average Bonchev–Trinajstić information content (AvgIpc) is 2.60. The number of aliphatic hydroxyl groups excluding tert-OH is 1. The number of ether oxygens (including phenoxy) is 2. The largest absolute Gasteiger partial charge is 0.497 e. The molecule has 0 aromatic heterocycles. The van der Waals surface area contributed by atoms with E-state index in [2.05, 4.69) is 0 Å². The van der Waals surface area contributed by atoms with Crippen LogP contribution in [0.2, 0.25) is 0 Å². The monoisotopic (exact) mass is 237 g/mol. The van der Waals surface area contributed by atoms with Gasteiger partial charge < -0.3 is 14.6 Å². The molecule has 0 saturated carbocycles. The smallest absolute Gasteiger partial charge is 0.267 e. The molecule has 0 bridgehead atoms. The summed E-state index contributed by atoms with van der Waals surface area (Å²) in [7, 11) is 2.85. The molecule has 1 heterocycles. The second-order valence-electron chi connectivity index (χ2n) is 3.43. The summed E-state index contributed by atoms with van der Waals surface area (Å²) in [5.41, 5.74) is 0.340. The van der Waals surface area contributed by atoms with E-state index in [1.54, 1.807) is 0 Å².